The van der Waals surface area contributed by atoms with Gasteiger partial charge in [0.2, 0.25) is 0 Å². The van der Waals surface area contributed by atoms with Crippen molar-refractivity contribution in [1.82, 2.24) is 0 Å². The van der Waals surface area contributed by atoms with Crippen molar-refractivity contribution < 1.29 is 15.0 Å². The van der Waals surface area contributed by atoms with Crippen LogP contribution < -0.4 is 5.32 Å². The van der Waals surface area contributed by atoms with Crippen LogP contribution in [0.25, 0.3) is 0 Å². The summed E-state index contributed by atoms with van der Waals surface area (Å²) in [6, 6.07) is 7.33. The number of carboxylic acids is 1. The van der Waals surface area contributed by atoms with E-state index < -0.39 is 5.97 Å². The highest BCUT2D eigenvalue weighted by atomic mass is 16.4. The summed E-state index contributed by atoms with van der Waals surface area (Å²) in [4.78, 5) is 10.8. The molecule has 1 aromatic carbocycles. The quantitative estimate of drug-likeness (QED) is 0.752. The smallest absolute Gasteiger partial charge is 0.306 e. The van der Waals surface area contributed by atoms with E-state index in [2.05, 4.69) is 5.32 Å². The van der Waals surface area contributed by atoms with Crippen molar-refractivity contribution in [1.29, 1.82) is 0 Å². The van der Waals surface area contributed by atoms with Crippen LogP contribution in [0.15, 0.2) is 24.3 Å². The van der Waals surface area contributed by atoms with Gasteiger partial charge in [-0.3, -0.25) is 4.79 Å². The van der Waals surface area contributed by atoms with Crippen LogP contribution in [0.4, 0.5) is 5.69 Å². The van der Waals surface area contributed by atoms with Crippen LogP contribution in [0.5, 0.6) is 5.75 Å². The molecule has 0 saturated heterocycles. The number of carboxylic acid groups (broad SMARTS) is 1. The van der Waals surface area contributed by atoms with E-state index in [4.69, 9.17) is 5.11 Å². The number of phenols is 1. The summed E-state index contributed by atoms with van der Waals surface area (Å²) in [6.07, 6.45) is 3.19. The Balaban J connectivity index is 1.88. The Morgan fingerprint density at radius 1 is 1.24 bits per heavy atom. The first-order valence-corrected chi connectivity index (χ1v) is 5.93. The summed E-state index contributed by atoms with van der Waals surface area (Å²) in [6.45, 7) is 0. The Morgan fingerprint density at radius 3 is 2.53 bits per heavy atom. The summed E-state index contributed by atoms with van der Waals surface area (Å²) >= 11 is 0. The average molecular weight is 235 g/mol. The van der Waals surface area contributed by atoms with Gasteiger partial charge in [0, 0.05) is 17.8 Å². The molecule has 0 amide bonds. The SMILES string of the molecule is O=C(O)C1CCC(Nc2cccc(O)c2)CC1. The summed E-state index contributed by atoms with van der Waals surface area (Å²) in [5, 5.41) is 21.6. The van der Waals surface area contributed by atoms with Gasteiger partial charge in [-0.1, -0.05) is 6.07 Å². The highest BCUT2D eigenvalue weighted by molar-refractivity contribution is 5.70. The number of rotatable bonds is 3. The first-order chi connectivity index (χ1) is 8.15. The Hall–Kier alpha value is -1.71. The van der Waals surface area contributed by atoms with Crippen LogP contribution in [0.2, 0.25) is 0 Å². The van der Waals surface area contributed by atoms with E-state index >= 15 is 0 Å². The number of benzene rings is 1. The van der Waals surface area contributed by atoms with Crippen molar-refractivity contribution >= 4 is 11.7 Å². The maximum absolute atomic E-state index is 10.8. The van der Waals surface area contributed by atoms with Crippen molar-refractivity contribution in [3.8, 4) is 5.75 Å². The van der Waals surface area contributed by atoms with Gasteiger partial charge in [-0.15, -0.1) is 0 Å². The van der Waals surface area contributed by atoms with Crippen LogP contribution in [0.3, 0.4) is 0 Å². The second-order valence-electron chi connectivity index (χ2n) is 4.58. The van der Waals surface area contributed by atoms with E-state index in [1.807, 2.05) is 6.07 Å². The molecule has 3 N–H and O–H groups in total. The lowest BCUT2D eigenvalue weighted by atomic mass is 9.86. The van der Waals surface area contributed by atoms with Gasteiger partial charge >= 0.3 is 5.97 Å². The minimum absolute atomic E-state index is 0.183. The van der Waals surface area contributed by atoms with Crippen molar-refractivity contribution in [3.05, 3.63) is 24.3 Å². The molecule has 0 unspecified atom stereocenters. The number of aromatic hydroxyl groups is 1. The fourth-order valence-electron chi connectivity index (χ4n) is 2.32. The summed E-state index contributed by atoms with van der Waals surface area (Å²) < 4.78 is 0. The van der Waals surface area contributed by atoms with Crippen LogP contribution in [-0.2, 0) is 4.79 Å². The standard InChI is InChI=1S/C13H17NO3/c15-12-3-1-2-11(8-12)14-10-6-4-9(5-7-10)13(16)17/h1-3,8-10,14-15H,4-7H2,(H,16,17). The maximum atomic E-state index is 10.8. The molecule has 4 nitrogen and oxygen atoms in total. The van der Waals surface area contributed by atoms with Gasteiger partial charge in [-0.05, 0) is 37.8 Å². The molecule has 2 rings (SSSR count). The molecule has 1 saturated carbocycles. The third-order valence-corrected chi connectivity index (χ3v) is 3.29. The first-order valence-electron chi connectivity index (χ1n) is 5.93. The Morgan fingerprint density at radius 2 is 1.94 bits per heavy atom. The zero-order valence-electron chi connectivity index (χ0n) is 9.60. The topological polar surface area (TPSA) is 69.6 Å². The molecular formula is C13H17NO3. The van der Waals surface area contributed by atoms with E-state index in [1.165, 1.54) is 0 Å². The molecule has 4 heteroatoms. The summed E-state index contributed by atoms with van der Waals surface area (Å²) in [5.74, 6) is -0.618. The van der Waals surface area contributed by atoms with Gasteiger partial charge in [-0.25, -0.2) is 0 Å². The van der Waals surface area contributed by atoms with Gasteiger partial charge in [-0.2, -0.15) is 0 Å². The van der Waals surface area contributed by atoms with Crippen LogP contribution >= 0.6 is 0 Å². The zero-order chi connectivity index (χ0) is 12.3. The number of anilines is 1. The molecule has 0 bridgehead atoms. The van der Waals surface area contributed by atoms with E-state index in [0.717, 1.165) is 31.4 Å². The average Bonchev–Trinajstić information content (AvgIpc) is 2.29. The fourth-order valence-corrected chi connectivity index (χ4v) is 2.32. The zero-order valence-corrected chi connectivity index (χ0v) is 9.60. The Labute approximate surface area is 100 Å². The van der Waals surface area contributed by atoms with Crippen LogP contribution in [-0.4, -0.2) is 22.2 Å². The molecule has 0 atom stereocenters. The lowest BCUT2D eigenvalue weighted by molar-refractivity contribution is -0.142. The molecule has 1 fully saturated rings. The molecule has 0 spiro atoms. The van der Waals surface area contributed by atoms with Gasteiger partial charge < -0.3 is 15.5 Å². The lowest BCUT2D eigenvalue weighted by Gasteiger charge is -2.27. The maximum Gasteiger partial charge on any atom is 0.306 e. The summed E-state index contributed by atoms with van der Waals surface area (Å²) in [7, 11) is 0. The molecule has 0 heterocycles. The van der Waals surface area contributed by atoms with E-state index in [-0.39, 0.29) is 11.7 Å². The lowest BCUT2D eigenvalue weighted by Crippen LogP contribution is -2.29. The van der Waals surface area contributed by atoms with Gasteiger partial charge in [0.15, 0.2) is 0 Å². The Bertz CT molecular complexity index is 397. The molecule has 1 aromatic rings. The molecule has 1 aliphatic rings. The van der Waals surface area contributed by atoms with E-state index in [1.54, 1.807) is 18.2 Å². The van der Waals surface area contributed by atoms with Gasteiger partial charge in [0.1, 0.15) is 5.75 Å². The van der Waals surface area contributed by atoms with E-state index in [9.17, 15) is 9.90 Å². The molecule has 0 aliphatic heterocycles. The second-order valence-corrected chi connectivity index (χ2v) is 4.58. The minimum Gasteiger partial charge on any atom is -0.508 e. The van der Waals surface area contributed by atoms with Crippen molar-refractivity contribution in [3.63, 3.8) is 0 Å². The number of hydrogen-bond donors (Lipinski definition) is 3. The normalized spacial score (nSPS) is 24.2. The molecule has 0 aromatic heterocycles. The number of phenolic OH excluding ortho intramolecular Hbond substituents is 1. The highest BCUT2D eigenvalue weighted by Crippen LogP contribution is 2.27. The van der Waals surface area contributed by atoms with Crippen molar-refractivity contribution in [2.75, 3.05) is 5.32 Å². The molecule has 1 aliphatic carbocycles. The number of nitrogens with one attached hydrogen (secondary N) is 1. The Kier molecular flexibility index (Phi) is 3.52. The predicted molar refractivity (Wildman–Crippen MR) is 65.1 cm³/mol. The molecule has 92 valence electrons. The number of carbonyl (C=O) groups is 1. The predicted octanol–water partition coefficient (Wildman–Crippen LogP) is 2.45. The largest absolute Gasteiger partial charge is 0.508 e. The fraction of sp³-hybridized carbons (Fsp3) is 0.462. The van der Waals surface area contributed by atoms with Gasteiger partial charge in [0.05, 0.1) is 5.92 Å². The number of hydrogen-bond acceptors (Lipinski definition) is 3. The molecule has 17 heavy (non-hydrogen) atoms. The van der Waals surface area contributed by atoms with Crippen LogP contribution in [0, 0.1) is 5.92 Å². The van der Waals surface area contributed by atoms with Crippen LogP contribution in [0.1, 0.15) is 25.7 Å². The molecule has 0 radical (unpaired) electrons. The monoisotopic (exact) mass is 235 g/mol. The van der Waals surface area contributed by atoms with Gasteiger partial charge in [0.25, 0.3) is 0 Å². The third-order valence-electron chi connectivity index (χ3n) is 3.29. The second kappa shape index (κ2) is 5.08. The number of aliphatic carboxylic acids is 1. The first kappa shape index (κ1) is 11.8. The van der Waals surface area contributed by atoms with Crippen molar-refractivity contribution in [2.24, 2.45) is 5.92 Å². The highest BCUT2D eigenvalue weighted by Gasteiger charge is 2.25. The third kappa shape index (κ3) is 3.12. The molecular weight excluding hydrogens is 218 g/mol. The summed E-state index contributed by atoms with van der Waals surface area (Å²) in [5.41, 5.74) is 0.892. The van der Waals surface area contributed by atoms with Crippen molar-refractivity contribution in [2.45, 2.75) is 31.7 Å². The minimum atomic E-state index is -0.680. The van der Waals surface area contributed by atoms with E-state index in [0.29, 0.717) is 6.04 Å².